The molecular formula is C24H30O4. The molecule has 0 aromatic carbocycles. The van der Waals surface area contributed by atoms with Crippen molar-refractivity contribution in [1.82, 2.24) is 0 Å². The number of ether oxygens (including phenoxy) is 1. The van der Waals surface area contributed by atoms with Gasteiger partial charge in [-0.3, -0.25) is 14.4 Å². The van der Waals surface area contributed by atoms with E-state index in [4.69, 9.17) is 4.74 Å². The molecule has 0 aromatic rings. The lowest BCUT2D eigenvalue weighted by atomic mass is 9.48. The highest BCUT2D eigenvalue weighted by Gasteiger charge is 2.79. The Balaban J connectivity index is 1.56. The molecule has 5 aliphatic carbocycles. The zero-order valence-corrected chi connectivity index (χ0v) is 17.1. The van der Waals surface area contributed by atoms with Crippen LogP contribution in [0.15, 0.2) is 23.8 Å². The standard InChI is InChI=1S/C24H30O4/c1-12-9-19-17(16-6-5-15(27)10-18(12)16)7-8-23(4)22(19)20-11-21(20)24(23,13(2)25)28-14(3)26/h10,16-17,19-22H,1,5-9,11H2,2-4H3/t16-,17-,19-,20-,21+,22-,23+,24-/m1/s1. The van der Waals surface area contributed by atoms with Crippen molar-refractivity contribution < 1.29 is 19.1 Å². The quantitative estimate of drug-likeness (QED) is 0.676. The van der Waals surface area contributed by atoms with Crippen LogP contribution in [0, 0.1) is 40.9 Å². The molecule has 0 radical (unpaired) electrons. The monoisotopic (exact) mass is 382 g/mol. The first-order valence-electron chi connectivity index (χ1n) is 10.8. The summed E-state index contributed by atoms with van der Waals surface area (Å²) in [5.41, 5.74) is 1.09. The van der Waals surface area contributed by atoms with Crippen LogP contribution in [-0.4, -0.2) is 23.1 Å². The molecule has 28 heavy (non-hydrogen) atoms. The lowest BCUT2D eigenvalue weighted by Gasteiger charge is -2.57. The summed E-state index contributed by atoms with van der Waals surface area (Å²) in [5, 5.41) is 0. The van der Waals surface area contributed by atoms with E-state index in [2.05, 4.69) is 13.5 Å². The third-order valence-electron chi connectivity index (χ3n) is 9.07. The van der Waals surface area contributed by atoms with E-state index in [-0.39, 0.29) is 28.9 Å². The topological polar surface area (TPSA) is 60.4 Å². The highest BCUT2D eigenvalue weighted by atomic mass is 16.6. The Morgan fingerprint density at radius 1 is 1.18 bits per heavy atom. The molecule has 5 rings (SSSR count). The Kier molecular flexibility index (Phi) is 3.71. The Hall–Kier alpha value is -1.71. The SMILES string of the molecule is C=C1C[C@@H]2[C@H](CC[C@@]3(C)[C@H]2[C@@H]2C[C@@H]2[C@]3(OC(C)=O)C(C)=O)[C@H]2CCC(=O)C=C12. The zero-order valence-electron chi connectivity index (χ0n) is 17.1. The smallest absolute Gasteiger partial charge is 0.303 e. The van der Waals surface area contributed by atoms with Gasteiger partial charge in [-0.05, 0) is 80.3 Å². The van der Waals surface area contributed by atoms with Gasteiger partial charge < -0.3 is 4.74 Å². The predicted molar refractivity (Wildman–Crippen MR) is 104 cm³/mol. The second kappa shape index (κ2) is 5.67. The molecular weight excluding hydrogens is 352 g/mol. The fraction of sp³-hybridized carbons (Fsp3) is 0.708. The van der Waals surface area contributed by atoms with Crippen LogP contribution in [0.4, 0.5) is 0 Å². The van der Waals surface area contributed by atoms with Gasteiger partial charge in [0, 0.05) is 24.7 Å². The van der Waals surface area contributed by atoms with Crippen molar-refractivity contribution in [1.29, 1.82) is 0 Å². The van der Waals surface area contributed by atoms with E-state index >= 15 is 0 Å². The van der Waals surface area contributed by atoms with Crippen LogP contribution < -0.4 is 0 Å². The van der Waals surface area contributed by atoms with Gasteiger partial charge in [0.1, 0.15) is 0 Å². The van der Waals surface area contributed by atoms with Gasteiger partial charge in [-0.2, -0.15) is 0 Å². The number of allylic oxidation sites excluding steroid dienone is 2. The number of hydrogen-bond acceptors (Lipinski definition) is 4. The van der Waals surface area contributed by atoms with E-state index in [1.54, 1.807) is 6.92 Å². The van der Waals surface area contributed by atoms with Crippen molar-refractivity contribution in [2.75, 3.05) is 0 Å². The van der Waals surface area contributed by atoms with E-state index in [0.717, 1.165) is 37.7 Å². The lowest BCUT2D eigenvalue weighted by Crippen LogP contribution is -2.60. The minimum absolute atomic E-state index is 0.0251. The zero-order chi connectivity index (χ0) is 20.0. The maximum Gasteiger partial charge on any atom is 0.303 e. The molecule has 0 saturated heterocycles. The Morgan fingerprint density at radius 2 is 1.93 bits per heavy atom. The number of rotatable bonds is 2. The Bertz CT molecular complexity index is 838. The molecule has 0 bridgehead atoms. The molecule has 150 valence electrons. The maximum atomic E-state index is 12.9. The summed E-state index contributed by atoms with van der Waals surface area (Å²) in [4.78, 5) is 36.9. The number of carbonyl (C=O) groups is 3. The normalized spacial score (nSPS) is 48.6. The molecule has 4 fully saturated rings. The summed E-state index contributed by atoms with van der Waals surface area (Å²) in [5.74, 6) is 2.45. The van der Waals surface area contributed by atoms with E-state index in [1.807, 2.05) is 6.08 Å². The Morgan fingerprint density at radius 3 is 2.61 bits per heavy atom. The number of fused-ring (bicyclic) bond motifs is 7. The van der Waals surface area contributed by atoms with Crippen LogP contribution in [0.3, 0.4) is 0 Å². The maximum absolute atomic E-state index is 12.9. The fourth-order valence-electron chi connectivity index (χ4n) is 8.26. The number of carbonyl (C=O) groups excluding carboxylic acids is 3. The molecule has 0 heterocycles. The first-order chi connectivity index (χ1) is 13.2. The van der Waals surface area contributed by atoms with Crippen LogP contribution in [0.2, 0.25) is 0 Å². The third kappa shape index (κ3) is 2.10. The van der Waals surface area contributed by atoms with Crippen molar-refractivity contribution >= 4 is 17.5 Å². The van der Waals surface area contributed by atoms with Crippen LogP contribution in [0.5, 0.6) is 0 Å². The molecule has 0 spiro atoms. The van der Waals surface area contributed by atoms with Gasteiger partial charge in [0.05, 0.1) is 0 Å². The minimum Gasteiger partial charge on any atom is -0.450 e. The second-order valence-corrected chi connectivity index (χ2v) is 10.2. The highest BCUT2D eigenvalue weighted by Crippen LogP contribution is 2.77. The molecule has 4 heteroatoms. The highest BCUT2D eigenvalue weighted by molar-refractivity contribution is 5.92. The third-order valence-corrected chi connectivity index (χ3v) is 9.07. The number of ketones is 2. The largest absolute Gasteiger partial charge is 0.450 e. The lowest BCUT2D eigenvalue weighted by molar-refractivity contribution is -0.192. The van der Waals surface area contributed by atoms with E-state index < -0.39 is 5.60 Å². The number of hydrogen-bond donors (Lipinski definition) is 0. The molecule has 8 atom stereocenters. The molecule has 5 aliphatic rings. The Labute approximate surface area is 166 Å². The van der Waals surface area contributed by atoms with Crippen molar-refractivity contribution in [2.45, 2.75) is 64.9 Å². The van der Waals surface area contributed by atoms with Gasteiger partial charge in [-0.1, -0.05) is 19.1 Å². The number of Topliss-reactive ketones (excluding diaryl/α,β-unsaturated/α-hetero) is 1. The van der Waals surface area contributed by atoms with Gasteiger partial charge in [-0.15, -0.1) is 0 Å². The molecule has 0 amide bonds. The average molecular weight is 383 g/mol. The van der Waals surface area contributed by atoms with E-state index in [1.165, 1.54) is 12.5 Å². The van der Waals surface area contributed by atoms with Crippen LogP contribution >= 0.6 is 0 Å². The van der Waals surface area contributed by atoms with Crippen LogP contribution in [-0.2, 0) is 19.1 Å². The molecule has 4 nitrogen and oxygen atoms in total. The van der Waals surface area contributed by atoms with E-state index in [0.29, 0.717) is 36.0 Å². The molecule has 0 unspecified atom stereocenters. The molecule has 0 N–H and O–H groups in total. The summed E-state index contributed by atoms with van der Waals surface area (Å²) in [7, 11) is 0. The summed E-state index contributed by atoms with van der Waals surface area (Å²) in [6.07, 6.45) is 7.30. The van der Waals surface area contributed by atoms with Gasteiger partial charge in [-0.25, -0.2) is 0 Å². The van der Waals surface area contributed by atoms with Crippen LogP contribution in [0.1, 0.15) is 59.3 Å². The summed E-state index contributed by atoms with van der Waals surface area (Å²) in [6, 6.07) is 0. The number of esters is 1. The summed E-state index contributed by atoms with van der Waals surface area (Å²) < 4.78 is 5.95. The van der Waals surface area contributed by atoms with Crippen molar-refractivity contribution in [3.8, 4) is 0 Å². The van der Waals surface area contributed by atoms with Gasteiger partial charge in [0.25, 0.3) is 0 Å². The van der Waals surface area contributed by atoms with Gasteiger partial charge >= 0.3 is 5.97 Å². The summed E-state index contributed by atoms with van der Waals surface area (Å²) >= 11 is 0. The first-order valence-corrected chi connectivity index (χ1v) is 10.8. The van der Waals surface area contributed by atoms with Gasteiger partial charge in [0.15, 0.2) is 17.2 Å². The molecule has 4 saturated carbocycles. The van der Waals surface area contributed by atoms with Crippen LogP contribution in [0.25, 0.3) is 0 Å². The van der Waals surface area contributed by atoms with Gasteiger partial charge in [0.2, 0.25) is 0 Å². The molecule has 0 aromatic heterocycles. The fourth-order valence-corrected chi connectivity index (χ4v) is 8.26. The molecule has 0 aliphatic heterocycles. The average Bonchev–Trinajstić information content (AvgIpc) is 3.35. The summed E-state index contributed by atoms with van der Waals surface area (Å²) in [6.45, 7) is 9.61. The second-order valence-electron chi connectivity index (χ2n) is 10.2. The van der Waals surface area contributed by atoms with Crippen molar-refractivity contribution in [2.24, 2.45) is 40.9 Å². The van der Waals surface area contributed by atoms with E-state index in [9.17, 15) is 14.4 Å². The van der Waals surface area contributed by atoms with Crippen molar-refractivity contribution in [3.05, 3.63) is 23.8 Å². The first kappa shape index (κ1) is 18.3. The predicted octanol–water partition coefficient (Wildman–Crippen LogP) is 4.04. The van der Waals surface area contributed by atoms with Crippen molar-refractivity contribution in [3.63, 3.8) is 0 Å². The minimum atomic E-state index is -0.945.